The van der Waals surface area contributed by atoms with Gasteiger partial charge in [-0.2, -0.15) is 5.10 Å². The normalized spacial score (nSPS) is 10.6. The number of hydrogen-bond acceptors (Lipinski definition) is 5. The largest absolute Gasteiger partial charge is 0.383 e. The van der Waals surface area contributed by atoms with E-state index in [4.69, 9.17) is 4.74 Å². The number of carbonyl (C=O) groups is 1. The molecule has 8 nitrogen and oxygen atoms in total. The number of nitrogens with zero attached hydrogens (tertiary/aromatic N) is 4. The van der Waals surface area contributed by atoms with E-state index in [0.29, 0.717) is 31.1 Å². The number of aromatic amines is 1. The van der Waals surface area contributed by atoms with Gasteiger partial charge in [0.05, 0.1) is 25.0 Å². The second-order valence-electron chi connectivity index (χ2n) is 3.90. The fourth-order valence-corrected chi connectivity index (χ4v) is 1.48. The molecular formula is C11H16N6O2. The Morgan fingerprint density at radius 3 is 3.11 bits per heavy atom. The molecule has 0 aliphatic rings. The fourth-order valence-electron chi connectivity index (χ4n) is 1.48. The zero-order valence-corrected chi connectivity index (χ0v) is 10.9. The molecule has 0 bridgehead atoms. The summed E-state index contributed by atoms with van der Waals surface area (Å²) in [5.74, 6) is 0.449. The van der Waals surface area contributed by atoms with Crippen molar-refractivity contribution in [1.29, 1.82) is 0 Å². The first-order chi connectivity index (χ1) is 9.22. The quantitative estimate of drug-likeness (QED) is 0.790. The SMILES string of the molecule is CCc1nc(C(=O)Nc2cnn(CCOC)c2)n[nH]1. The lowest BCUT2D eigenvalue weighted by Crippen LogP contribution is -2.13. The molecule has 0 aliphatic carbocycles. The second-order valence-corrected chi connectivity index (χ2v) is 3.90. The van der Waals surface area contributed by atoms with Crippen molar-refractivity contribution < 1.29 is 9.53 Å². The molecule has 0 saturated heterocycles. The van der Waals surface area contributed by atoms with Crippen molar-refractivity contribution >= 4 is 11.6 Å². The standard InChI is InChI=1S/C11H16N6O2/c1-3-9-14-10(16-15-9)11(18)13-8-6-12-17(7-8)4-5-19-2/h6-7H,3-5H2,1-2H3,(H,13,18)(H,14,15,16). The topological polar surface area (TPSA) is 97.7 Å². The van der Waals surface area contributed by atoms with Crippen LogP contribution in [-0.2, 0) is 17.7 Å². The second kappa shape index (κ2) is 6.10. The van der Waals surface area contributed by atoms with Gasteiger partial charge in [-0.25, -0.2) is 4.98 Å². The molecule has 2 aromatic rings. The van der Waals surface area contributed by atoms with Crippen LogP contribution in [0, 0.1) is 0 Å². The van der Waals surface area contributed by atoms with E-state index in [9.17, 15) is 4.79 Å². The molecule has 0 spiro atoms. The third kappa shape index (κ3) is 3.38. The first-order valence-corrected chi connectivity index (χ1v) is 5.97. The van der Waals surface area contributed by atoms with E-state index in [0.717, 1.165) is 0 Å². The molecule has 2 aromatic heterocycles. The lowest BCUT2D eigenvalue weighted by Gasteiger charge is -1.99. The van der Waals surface area contributed by atoms with Crippen molar-refractivity contribution in [2.45, 2.75) is 19.9 Å². The molecule has 0 atom stereocenters. The number of nitrogens with one attached hydrogen (secondary N) is 2. The third-order valence-corrected chi connectivity index (χ3v) is 2.49. The smallest absolute Gasteiger partial charge is 0.295 e. The molecule has 1 amide bonds. The minimum atomic E-state index is -0.359. The molecule has 0 unspecified atom stereocenters. The van der Waals surface area contributed by atoms with E-state index in [-0.39, 0.29) is 11.7 Å². The Morgan fingerprint density at radius 2 is 2.42 bits per heavy atom. The molecule has 0 radical (unpaired) electrons. The molecule has 102 valence electrons. The van der Waals surface area contributed by atoms with Gasteiger partial charge in [-0.05, 0) is 0 Å². The van der Waals surface area contributed by atoms with Crippen molar-refractivity contribution in [2.24, 2.45) is 0 Å². The van der Waals surface area contributed by atoms with E-state index >= 15 is 0 Å². The van der Waals surface area contributed by atoms with Gasteiger partial charge in [0, 0.05) is 19.7 Å². The number of ether oxygens (including phenoxy) is 1. The van der Waals surface area contributed by atoms with Crippen LogP contribution in [-0.4, -0.2) is 44.6 Å². The highest BCUT2D eigenvalue weighted by molar-refractivity contribution is 6.01. The summed E-state index contributed by atoms with van der Waals surface area (Å²) in [6.45, 7) is 3.13. The number of carbonyl (C=O) groups excluding carboxylic acids is 1. The summed E-state index contributed by atoms with van der Waals surface area (Å²) in [4.78, 5) is 15.9. The number of H-pyrrole nitrogens is 1. The highest BCUT2D eigenvalue weighted by atomic mass is 16.5. The summed E-state index contributed by atoms with van der Waals surface area (Å²) < 4.78 is 6.64. The van der Waals surface area contributed by atoms with E-state index in [1.165, 1.54) is 0 Å². The molecule has 2 heterocycles. The van der Waals surface area contributed by atoms with Crippen LogP contribution in [0.5, 0.6) is 0 Å². The summed E-state index contributed by atoms with van der Waals surface area (Å²) in [6.07, 6.45) is 4.00. The van der Waals surface area contributed by atoms with Crippen molar-refractivity contribution in [3.05, 3.63) is 24.0 Å². The molecule has 8 heteroatoms. The van der Waals surface area contributed by atoms with Crippen molar-refractivity contribution in [2.75, 3.05) is 19.0 Å². The van der Waals surface area contributed by atoms with Crippen LogP contribution in [0.25, 0.3) is 0 Å². The van der Waals surface area contributed by atoms with E-state index < -0.39 is 0 Å². The Morgan fingerprint density at radius 1 is 1.58 bits per heavy atom. The highest BCUT2D eigenvalue weighted by Gasteiger charge is 2.12. The highest BCUT2D eigenvalue weighted by Crippen LogP contribution is 2.06. The van der Waals surface area contributed by atoms with Gasteiger partial charge in [-0.1, -0.05) is 6.92 Å². The minimum absolute atomic E-state index is 0.126. The van der Waals surface area contributed by atoms with Crippen molar-refractivity contribution in [1.82, 2.24) is 25.0 Å². The first kappa shape index (κ1) is 13.2. The molecule has 2 N–H and O–H groups in total. The number of anilines is 1. The predicted molar refractivity (Wildman–Crippen MR) is 67.8 cm³/mol. The Labute approximate surface area is 110 Å². The number of amides is 1. The monoisotopic (exact) mass is 264 g/mol. The van der Waals surface area contributed by atoms with Crippen LogP contribution >= 0.6 is 0 Å². The van der Waals surface area contributed by atoms with Gasteiger partial charge in [0.25, 0.3) is 5.91 Å². The predicted octanol–water partition coefficient (Wildman–Crippen LogP) is 0.462. The Bertz CT molecular complexity index is 547. The molecule has 19 heavy (non-hydrogen) atoms. The Balaban J connectivity index is 1.96. The molecule has 0 aromatic carbocycles. The van der Waals surface area contributed by atoms with Crippen LogP contribution in [0.3, 0.4) is 0 Å². The first-order valence-electron chi connectivity index (χ1n) is 5.97. The molecule has 0 fully saturated rings. The summed E-state index contributed by atoms with van der Waals surface area (Å²) in [7, 11) is 1.63. The van der Waals surface area contributed by atoms with Crippen LogP contribution < -0.4 is 5.32 Å². The summed E-state index contributed by atoms with van der Waals surface area (Å²) in [6, 6.07) is 0. The van der Waals surface area contributed by atoms with Gasteiger partial charge < -0.3 is 10.1 Å². The molecular weight excluding hydrogens is 248 g/mol. The maximum Gasteiger partial charge on any atom is 0.295 e. The third-order valence-electron chi connectivity index (χ3n) is 2.49. The van der Waals surface area contributed by atoms with E-state index in [1.54, 1.807) is 24.2 Å². The summed E-state index contributed by atoms with van der Waals surface area (Å²) >= 11 is 0. The van der Waals surface area contributed by atoms with Gasteiger partial charge in [0.2, 0.25) is 5.82 Å². The fraction of sp³-hybridized carbons (Fsp3) is 0.455. The number of hydrogen-bond donors (Lipinski definition) is 2. The van der Waals surface area contributed by atoms with Gasteiger partial charge in [0.1, 0.15) is 5.82 Å². The molecule has 0 saturated carbocycles. The molecule has 0 aliphatic heterocycles. The maximum atomic E-state index is 11.8. The Kier molecular flexibility index (Phi) is 4.24. The van der Waals surface area contributed by atoms with Gasteiger partial charge >= 0.3 is 0 Å². The lowest BCUT2D eigenvalue weighted by atomic mass is 10.4. The molecule has 2 rings (SSSR count). The summed E-state index contributed by atoms with van der Waals surface area (Å²) in [5, 5.41) is 13.3. The number of methoxy groups -OCH3 is 1. The van der Waals surface area contributed by atoms with Crippen LogP contribution in [0.15, 0.2) is 12.4 Å². The van der Waals surface area contributed by atoms with Crippen molar-refractivity contribution in [3.8, 4) is 0 Å². The number of aromatic nitrogens is 5. The van der Waals surface area contributed by atoms with Crippen molar-refractivity contribution in [3.63, 3.8) is 0 Å². The van der Waals surface area contributed by atoms with Gasteiger partial charge in [-0.3, -0.25) is 14.6 Å². The lowest BCUT2D eigenvalue weighted by molar-refractivity contribution is 0.101. The number of aryl methyl sites for hydroxylation is 1. The van der Waals surface area contributed by atoms with Crippen LogP contribution in [0.4, 0.5) is 5.69 Å². The minimum Gasteiger partial charge on any atom is -0.383 e. The van der Waals surface area contributed by atoms with E-state index in [1.807, 2.05) is 6.92 Å². The zero-order chi connectivity index (χ0) is 13.7. The summed E-state index contributed by atoms with van der Waals surface area (Å²) in [5.41, 5.74) is 0.601. The maximum absolute atomic E-state index is 11.8. The van der Waals surface area contributed by atoms with E-state index in [2.05, 4.69) is 25.6 Å². The Hall–Kier alpha value is -2.22. The zero-order valence-electron chi connectivity index (χ0n) is 10.9. The number of rotatable bonds is 6. The average Bonchev–Trinajstić information content (AvgIpc) is 3.05. The average molecular weight is 264 g/mol. The van der Waals surface area contributed by atoms with Gasteiger partial charge in [-0.15, -0.1) is 5.10 Å². The van der Waals surface area contributed by atoms with Crippen LogP contribution in [0.1, 0.15) is 23.4 Å². The van der Waals surface area contributed by atoms with Crippen LogP contribution in [0.2, 0.25) is 0 Å². The van der Waals surface area contributed by atoms with Gasteiger partial charge in [0.15, 0.2) is 0 Å².